The first-order valence-corrected chi connectivity index (χ1v) is 1.74. The summed E-state index contributed by atoms with van der Waals surface area (Å²) in [6, 6.07) is 0. The predicted molar refractivity (Wildman–Crippen MR) is 20.8 cm³/mol. The Labute approximate surface area is 44.7 Å². The van der Waals surface area contributed by atoms with Crippen LogP contribution in [-0.2, 0) is 9.63 Å². The molecule has 0 aliphatic heterocycles. The Morgan fingerprint density at radius 1 is 2.00 bits per heavy atom. The number of amides is 1. The minimum Gasteiger partial charge on any atom is -0.275 e. The van der Waals surface area contributed by atoms with Crippen LogP contribution in [0.25, 0.3) is 0 Å². The summed E-state index contributed by atoms with van der Waals surface area (Å²) in [7, 11) is 0. The van der Waals surface area contributed by atoms with Crippen LogP contribution in [0.5, 0.6) is 0 Å². The molecule has 0 unspecified atom stereocenters. The van der Waals surface area contributed by atoms with E-state index in [1.165, 1.54) is 0 Å². The average Bonchev–Trinajstić information content (AvgIpc) is 1.68. The van der Waals surface area contributed by atoms with E-state index >= 15 is 0 Å². The van der Waals surface area contributed by atoms with Crippen LogP contribution in [0.1, 0.15) is 0 Å². The van der Waals surface area contributed by atoms with Crippen molar-refractivity contribution in [3.8, 4) is 0 Å². The number of carbonyl (C=O) groups is 1. The van der Waals surface area contributed by atoms with Crippen LogP contribution in [0.2, 0.25) is 0 Å². The fraction of sp³-hybridized carbons (Fsp3) is 0.500. The normalized spacial score (nSPS) is 8.29. The van der Waals surface area contributed by atoms with E-state index in [1.54, 1.807) is 0 Å². The lowest BCUT2D eigenvalue weighted by molar-refractivity contribution is -0.154. The minimum absolute atomic E-state index is 0.140. The number of hydrogen-bond donors (Lipinski definition) is 0. The topological polar surface area (TPSA) is 29.5 Å². The van der Waals surface area contributed by atoms with Gasteiger partial charge in [0, 0.05) is 11.8 Å². The Morgan fingerprint density at radius 3 is 2.71 bits per heavy atom. The first kappa shape index (κ1) is 6.65. The molecule has 0 saturated heterocycles. The highest BCUT2D eigenvalue weighted by molar-refractivity contribution is 6.17. The summed E-state index contributed by atoms with van der Waals surface area (Å²) in [5, 5.41) is 0. The molecule has 0 fully saturated rings. The first-order chi connectivity index (χ1) is 3.31. The highest BCUT2D eigenvalue weighted by atomic mass is 35.5. The van der Waals surface area contributed by atoms with Crippen LogP contribution in [0, 0.1) is 0 Å². The molecule has 0 spiro atoms. The van der Waals surface area contributed by atoms with Gasteiger partial charge in [0.15, 0.2) is 0 Å². The van der Waals surface area contributed by atoms with E-state index in [0.717, 1.165) is 0 Å². The second-order valence-corrected chi connectivity index (χ2v) is 0.949. The van der Waals surface area contributed by atoms with Crippen LogP contribution < -0.4 is 0 Å². The van der Waals surface area contributed by atoms with E-state index in [0.29, 0.717) is 0 Å². The third kappa shape index (κ3) is 3.48. The lowest BCUT2D eigenvalue weighted by atomic mass is 11.4. The molecule has 0 aliphatic carbocycles. The van der Waals surface area contributed by atoms with Gasteiger partial charge in [-0.3, -0.25) is 4.79 Å². The summed E-state index contributed by atoms with van der Waals surface area (Å²) in [6.45, 7) is -1.09. The molecule has 7 heavy (non-hydrogen) atoms. The van der Waals surface area contributed by atoms with Crippen LogP contribution in [0.4, 0.5) is 4.39 Å². The van der Waals surface area contributed by atoms with Crippen molar-refractivity contribution in [1.29, 1.82) is 0 Å². The van der Waals surface area contributed by atoms with Crippen molar-refractivity contribution in [1.82, 2.24) is 4.58 Å². The monoisotopic (exact) mass is 127 g/mol. The summed E-state index contributed by atoms with van der Waals surface area (Å²) < 4.78 is 11.1. The summed E-state index contributed by atoms with van der Waals surface area (Å²) in [6.07, 6.45) is 0.140. The van der Waals surface area contributed by atoms with Crippen LogP contribution in [0.3, 0.4) is 0 Å². The maximum atomic E-state index is 10.9. The van der Waals surface area contributed by atoms with Gasteiger partial charge in [-0.2, -0.15) is 0 Å². The minimum atomic E-state index is -1.09. The van der Waals surface area contributed by atoms with Crippen molar-refractivity contribution in [3.05, 3.63) is 0 Å². The van der Waals surface area contributed by atoms with Crippen molar-refractivity contribution in [2.45, 2.75) is 0 Å². The molecule has 0 aromatic rings. The molecule has 0 heterocycles. The Morgan fingerprint density at radius 2 is 2.57 bits per heavy atom. The fourth-order valence-electron chi connectivity index (χ4n) is 0.0770. The number of nitrogens with zero attached hydrogens (tertiary/aromatic N) is 1. The summed E-state index contributed by atoms with van der Waals surface area (Å²) in [4.78, 5) is 13.2. The van der Waals surface area contributed by atoms with Crippen molar-refractivity contribution in [2.75, 3.05) is 6.86 Å². The van der Waals surface area contributed by atoms with Crippen molar-refractivity contribution >= 4 is 18.2 Å². The maximum absolute atomic E-state index is 10.9. The number of hydroxylamine groups is 1. The Hall–Kier alpha value is -0.350. The number of hydrogen-bond acceptors (Lipinski definition) is 2. The van der Waals surface area contributed by atoms with E-state index < -0.39 is 6.86 Å². The Kier molecular flexibility index (Phi) is 3.64. The van der Waals surface area contributed by atoms with Gasteiger partial charge in [-0.15, -0.1) is 4.58 Å². The molecular formula is C2H3ClFNO2. The van der Waals surface area contributed by atoms with Crippen LogP contribution in [-0.4, -0.2) is 17.9 Å². The number of halogens is 2. The van der Waals surface area contributed by atoms with Crippen molar-refractivity contribution < 1.29 is 14.0 Å². The zero-order valence-corrected chi connectivity index (χ0v) is 4.06. The van der Waals surface area contributed by atoms with E-state index in [-0.39, 0.29) is 11.0 Å². The lowest BCUT2D eigenvalue weighted by Crippen LogP contribution is -2.08. The van der Waals surface area contributed by atoms with Gasteiger partial charge in [0.1, 0.15) is 0 Å². The molecule has 3 nitrogen and oxygen atoms in total. The zero-order valence-electron chi connectivity index (χ0n) is 3.30. The molecule has 0 radical (unpaired) electrons. The smallest absolute Gasteiger partial charge is 0.249 e. The molecule has 0 aromatic carbocycles. The highest BCUT2D eigenvalue weighted by Gasteiger charge is 1.90. The average molecular weight is 128 g/mol. The summed E-state index contributed by atoms with van der Waals surface area (Å²) in [5.74, 6) is 0. The van der Waals surface area contributed by atoms with E-state index in [9.17, 15) is 9.18 Å². The first-order valence-electron chi connectivity index (χ1n) is 1.40. The summed E-state index contributed by atoms with van der Waals surface area (Å²) in [5.41, 5.74) is 0. The Balaban J connectivity index is 2.98. The van der Waals surface area contributed by atoms with Gasteiger partial charge in [-0.25, -0.2) is 9.23 Å². The fourth-order valence-corrected chi connectivity index (χ4v) is 0.114. The second kappa shape index (κ2) is 3.83. The number of carbonyl (C=O) groups excluding carboxylic acids is 1. The number of rotatable bonds is 3. The second-order valence-electron chi connectivity index (χ2n) is 0.616. The van der Waals surface area contributed by atoms with E-state index in [1.807, 2.05) is 0 Å². The van der Waals surface area contributed by atoms with Gasteiger partial charge in [0.2, 0.25) is 13.3 Å². The quantitative estimate of drug-likeness (QED) is 0.313. The highest BCUT2D eigenvalue weighted by Crippen LogP contribution is 1.88. The standard InChI is InChI=1S/C2H3ClFNO2/c3-5(2-6)7-1-4/h2H,1H2. The van der Waals surface area contributed by atoms with Crippen LogP contribution in [0.15, 0.2) is 0 Å². The lowest BCUT2D eigenvalue weighted by Gasteiger charge is -1.99. The third-order valence-corrected chi connectivity index (χ3v) is 0.432. The molecule has 1 amide bonds. The van der Waals surface area contributed by atoms with Gasteiger partial charge in [-0.1, -0.05) is 0 Å². The van der Waals surface area contributed by atoms with Crippen molar-refractivity contribution in [2.24, 2.45) is 0 Å². The van der Waals surface area contributed by atoms with Crippen molar-refractivity contribution in [3.63, 3.8) is 0 Å². The molecule has 5 heteroatoms. The van der Waals surface area contributed by atoms with Gasteiger partial charge in [0.25, 0.3) is 0 Å². The molecule has 0 aromatic heterocycles. The molecule has 0 aliphatic rings. The van der Waals surface area contributed by atoms with Crippen LogP contribution >= 0.6 is 11.8 Å². The summed E-state index contributed by atoms with van der Waals surface area (Å²) >= 11 is 4.77. The largest absolute Gasteiger partial charge is 0.275 e. The van der Waals surface area contributed by atoms with Gasteiger partial charge in [0.05, 0.1) is 0 Å². The molecule has 0 atom stereocenters. The predicted octanol–water partition coefficient (Wildman–Crippen LogP) is 0.457. The van der Waals surface area contributed by atoms with E-state index in [4.69, 9.17) is 11.8 Å². The molecule has 0 saturated carbocycles. The molecule has 0 N–H and O–H groups in total. The Bertz CT molecular complexity index is 61.7. The molecule has 0 rings (SSSR count). The molecule has 0 bridgehead atoms. The molecule has 42 valence electrons. The van der Waals surface area contributed by atoms with E-state index in [2.05, 4.69) is 4.84 Å². The van der Waals surface area contributed by atoms with Gasteiger partial charge < -0.3 is 0 Å². The number of alkyl halides is 1. The SMILES string of the molecule is O=CN(Cl)OCF. The van der Waals surface area contributed by atoms with Gasteiger partial charge >= 0.3 is 0 Å². The molecular weight excluding hydrogens is 124 g/mol. The maximum Gasteiger partial charge on any atom is 0.249 e. The zero-order chi connectivity index (χ0) is 5.70. The third-order valence-electron chi connectivity index (χ3n) is 0.255. The van der Waals surface area contributed by atoms with Gasteiger partial charge in [-0.05, 0) is 0 Å².